The molecule has 8 heteroatoms. The van der Waals surface area contributed by atoms with E-state index in [0.717, 1.165) is 17.5 Å². The first-order chi connectivity index (χ1) is 14.5. The third kappa shape index (κ3) is 4.49. The fraction of sp³-hybridized carbons (Fsp3) is 0.435. The van der Waals surface area contributed by atoms with Gasteiger partial charge in [-0.25, -0.2) is 8.42 Å². The van der Waals surface area contributed by atoms with Gasteiger partial charge in [0.1, 0.15) is 23.0 Å². The molecule has 0 radical (unpaired) electrons. The molecule has 1 heterocycles. The number of hydrogen-bond acceptors (Lipinski definition) is 5. The first-order valence-corrected chi connectivity index (χ1v) is 11.8. The van der Waals surface area contributed by atoms with Crippen molar-refractivity contribution in [3.63, 3.8) is 0 Å². The average molecular weight is 447 g/mol. The number of fused-ring (bicyclic) bond motifs is 1. The highest BCUT2D eigenvalue weighted by molar-refractivity contribution is 7.92. The Hall–Kier alpha value is -2.74. The van der Waals surface area contributed by atoms with E-state index < -0.39 is 15.4 Å². The van der Waals surface area contributed by atoms with E-state index in [1.54, 1.807) is 35.2 Å². The normalized spacial score (nSPS) is 15.7. The minimum Gasteiger partial charge on any atom is -0.495 e. The minimum atomic E-state index is -3.90. The molecule has 0 saturated heterocycles. The lowest BCUT2D eigenvalue weighted by molar-refractivity contribution is -0.127. The molecule has 0 aliphatic carbocycles. The number of rotatable bonds is 6. The van der Waals surface area contributed by atoms with E-state index in [9.17, 15) is 13.2 Å². The number of anilines is 2. The molecule has 1 aliphatic heterocycles. The number of carbonyl (C=O) groups is 1. The maximum atomic E-state index is 13.1. The highest BCUT2D eigenvalue weighted by atomic mass is 32.2. The molecule has 0 aromatic heterocycles. The number of nitrogens with zero attached hydrogens (tertiary/aromatic N) is 1. The van der Waals surface area contributed by atoms with Gasteiger partial charge in [-0.05, 0) is 69.5 Å². The smallest absolute Gasteiger partial charge is 0.265 e. The molecule has 31 heavy (non-hydrogen) atoms. The van der Waals surface area contributed by atoms with Crippen LogP contribution in [0.15, 0.2) is 35.2 Å². The van der Waals surface area contributed by atoms with Gasteiger partial charge in [-0.1, -0.05) is 6.92 Å². The fourth-order valence-corrected chi connectivity index (χ4v) is 4.79. The fourth-order valence-electron chi connectivity index (χ4n) is 3.50. The van der Waals surface area contributed by atoms with Gasteiger partial charge in [-0.3, -0.25) is 9.52 Å². The van der Waals surface area contributed by atoms with Crippen molar-refractivity contribution in [1.82, 2.24) is 0 Å². The van der Waals surface area contributed by atoms with Crippen molar-refractivity contribution in [3.8, 4) is 11.5 Å². The van der Waals surface area contributed by atoms with E-state index in [0.29, 0.717) is 23.7 Å². The van der Waals surface area contributed by atoms with Crippen LogP contribution in [0, 0.1) is 19.3 Å². The number of amides is 1. The Morgan fingerprint density at radius 2 is 1.84 bits per heavy atom. The van der Waals surface area contributed by atoms with E-state index in [-0.39, 0.29) is 23.2 Å². The van der Waals surface area contributed by atoms with Gasteiger partial charge in [0.15, 0.2) is 0 Å². The number of benzene rings is 2. The quantitative estimate of drug-likeness (QED) is 0.716. The molecule has 2 aromatic rings. The Morgan fingerprint density at radius 1 is 1.16 bits per heavy atom. The van der Waals surface area contributed by atoms with E-state index in [1.165, 1.54) is 7.11 Å². The second-order valence-corrected chi connectivity index (χ2v) is 10.2. The van der Waals surface area contributed by atoms with Crippen molar-refractivity contribution in [1.29, 1.82) is 0 Å². The zero-order valence-corrected chi connectivity index (χ0v) is 19.7. The summed E-state index contributed by atoms with van der Waals surface area (Å²) >= 11 is 0. The van der Waals surface area contributed by atoms with Crippen LogP contribution in [0.4, 0.5) is 11.4 Å². The molecule has 2 aromatic carbocycles. The van der Waals surface area contributed by atoms with Gasteiger partial charge >= 0.3 is 0 Å². The summed E-state index contributed by atoms with van der Waals surface area (Å²) in [5, 5.41) is 0. The van der Waals surface area contributed by atoms with Crippen molar-refractivity contribution in [2.45, 2.75) is 45.9 Å². The number of ether oxygens (including phenoxy) is 2. The summed E-state index contributed by atoms with van der Waals surface area (Å²) in [5.74, 6) is 0.740. The molecule has 0 bridgehead atoms. The van der Waals surface area contributed by atoms with Crippen molar-refractivity contribution < 1.29 is 22.7 Å². The molecule has 0 unspecified atom stereocenters. The maximum absolute atomic E-state index is 13.1. The summed E-state index contributed by atoms with van der Waals surface area (Å²) in [7, 11) is -2.45. The summed E-state index contributed by atoms with van der Waals surface area (Å²) in [4.78, 5) is 14.8. The number of sulfonamides is 1. The lowest BCUT2D eigenvalue weighted by atomic mass is 9.93. The minimum absolute atomic E-state index is 0.0127. The molecule has 3 rings (SSSR count). The van der Waals surface area contributed by atoms with Gasteiger partial charge in [0, 0.05) is 12.6 Å². The summed E-state index contributed by atoms with van der Waals surface area (Å²) in [6, 6.07) is 8.29. The maximum Gasteiger partial charge on any atom is 0.265 e. The zero-order chi connectivity index (χ0) is 23.0. The Kier molecular flexibility index (Phi) is 6.23. The van der Waals surface area contributed by atoms with E-state index in [1.807, 2.05) is 34.6 Å². The molecule has 0 atom stereocenters. The summed E-state index contributed by atoms with van der Waals surface area (Å²) in [6.07, 6.45) is 0.794. The van der Waals surface area contributed by atoms with E-state index in [4.69, 9.17) is 9.47 Å². The van der Waals surface area contributed by atoms with Gasteiger partial charge in [-0.15, -0.1) is 0 Å². The third-order valence-corrected chi connectivity index (χ3v) is 6.83. The molecule has 168 valence electrons. The molecule has 0 fully saturated rings. The second-order valence-electron chi connectivity index (χ2n) is 8.50. The van der Waals surface area contributed by atoms with Crippen LogP contribution in [0.25, 0.3) is 0 Å². The van der Waals surface area contributed by atoms with Crippen molar-refractivity contribution in [2.24, 2.45) is 5.41 Å². The molecule has 7 nitrogen and oxygen atoms in total. The lowest BCUT2D eigenvalue weighted by Crippen LogP contribution is -2.42. The highest BCUT2D eigenvalue weighted by Gasteiger charge is 2.37. The van der Waals surface area contributed by atoms with Gasteiger partial charge in [0.25, 0.3) is 10.0 Å². The van der Waals surface area contributed by atoms with Gasteiger partial charge in [-0.2, -0.15) is 0 Å². The first-order valence-electron chi connectivity index (χ1n) is 10.3. The molecule has 0 saturated carbocycles. The van der Waals surface area contributed by atoms with Crippen LogP contribution in [0.2, 0.25) is 0 Å². The van der Waals surface area contributed by atoms with Crippen LogP contribution >= 0.6 is 0 Å². The van der Waals surface area contributed by atoms with Crippen LogP contribution in [0.5, 0.6) is 11.5 Å². The van der Waals surface area contributed by atoms with Gasteiger partial charge in [0.05, 0.1) is 23.9 Å². The molecule has 1 N–H and O–H groups in total. The Morgan fingerprint density at radius 3 is 2.48 bits per heavy atom. The predicted molar refractivity (Wildman–Crippen MR) is 122 cm³/mol. The van der Waals surface area contributed by atoms with E-state index >= 15 is 0 Å². The molecule has 0 spiro atoms. The van der Waals surface area contributed by atoms with Crippen molar-refractivity contribution in [2.75, 3.05) is 29.9 Å². The molecule has 1 amide bonds. The second kappa shape index (κ2) is 8.42. The molecular weight excluding hydrogens is 416 g/mol. The van der Waals surface area contributed by atoms with Crippen LogP contribution in [0.3, 0.4) is 0 Å². The standard InChI is InChI=1S/C23H30N2O5S/c1-7-10-25-18-9-8-17(13-19(18)30-14-23(4,5)22(25)26)24-31(27,28)21-12-16(3)15(2)11-20(21)29-6/h8-9,11-13,24H,7,10,14H2,1-6H3. The summed E-state index contributed by atoms with van der Waals surface area (Å²) < 4.78 is 40.1. The SMILES string of the molecule is CCCN1C(=O)C(C)(C)COc2cc(NS(=O)(=O)c3cc(C)c(C)cc3OC)ccc21. The van der Waals surface area contributed by atoms with Gasteiger partial charge in [0.2, 0.25) is 5.91 Å². The monoisotopic (exact) mass is 446 g/mol. The third-order valence-electron chi connectivity index (χ3n) is 5.43. The Balaban J connectivity index is 1.99. The summed E-state index contributed by atoms with van der Waals surface area (Å²) in [5.41, 5.74) is 2.10. The summed E-state index contributed by atoms with van der Waals surface area (Å²) in [6.45, 7) is 10.2. The van der Waals surface area contributed by atoms with Crippen LogP contribution in [0.1, 0.15) is 38.3 Å². The number of methoxy groups -OCH3 is 1. The topological polar surface area (TPSA) is 84.9 Å². The predicted octanol–water partition coefficient (Wildman–Crippen LogP) is 4.27. The highest BCUT2D eigenvalue weighted by Crippen LogP contribution is 2.39. The largest absolute Gasteiger partial charge is 0.495 e. The van der Waals surface area contributed by atoms with Gasteiger partial charge < -0.3 is 14.4 Å². The Bertz CT molecular complexity index is 1110. The first kappa shape index (κ1) is 22.9. The number of carbonyl (C=O) groups excluding carboxylic acids is 1. The molecule has 1 aliphatic rings. The van der Waals surface area contributed by atoms with Crippen molar-refractivity contribution >= 4 is 27.3 Å². The Labute approximate surface area is 184 Å². The van der Waals surface area contributed by atoms with Crippen molar-refractivity contribution in [3.05, 3.63) is 41.5 Å². The number of nitrogens with one attached hydrogen (secondary N) is 1. The van der Waals surface area contributed by atoms with E-state index in [2.05, 4.69) is 4.72 Å². The lowest BCUT2D eigenvalue weighted by Gasteiger charge is -2.27. The molecular formula is C23H30N2O5S. The van der Waals surface area contributed by atoms with Crippen LogP contribution in [-0.2, 0) is 14.8 Å². The zero-order valence-electron chi connectivity index (χ0n) is 18.9. The van der Waals surface area contributed by atoms with Crippen LogP contribution in [-0.4, -0.2) is 34.6 Å². The average Bonchev–Trinajstić information content (AvgIpc) is 2.79. The number of aryl methyl sites for hydroxylation is 2. The van der Waals surface area contributed by atoms with Crippen LogP contribution < -0.4 is 19.1 Å². The number of hydrogen-bond donors (Lipinski definition) is 1.